The Morgan fingerprint density at radius 3 is 2.62 bits per heavy atom. The van der Waals surface area contributed by atoms with Crippen LogP contribution in [0.25, 0.3) is 6.08 Å². The summed E-state index contributed by atoms with van der Waals surface area (Å²) in [6, 6.07) is 9.50. The number of carbonyl (C=O) groups excluding carboxylic acids is 2. The van der Waals surface area contributed by atoms with Crippen LogP contribution in [0.1, 0.15) is 16.0 Å². The number of benzene rings is 1. The maximum absolute atomic E-state index is 12.5. The van der Waals surface area contributed by atoms with Gasteiger partial charge < -0.3 is 0 Å². The summed E-state index contributed by atoms with van der Waals surface area (Å²) in [6.45, 7) is 3.90. The number of carbonyl (C=O) groups is 2. The molecule has 0 N–H and O–H groups in total. The number of amides is 2. The minimum Gasteiger partial charge on any atom is -0.268 e. The molecule has 1 aliphatic rings. The van der Waals surface area contributed by atoms with Crippen molar-refractivity contribution in [1.29, 1.82) is 0 Å². The van der Waals surface area contributed by atoms with E-state index in [0.717, 1.165) is 27.8 Å². The third-order valence-electron chi connectivity index (χ3n) is 3.43. The zero-order chi connectivity index (χ0) is 15.0. The number of rotatable bonds is 2. The monoisotopic (exact) mass is 315 g/mol. The summed E-state index contributed by atoms with van der Waals surface area (Å²) in [4.78, 5) is 27.5. The van der Waals surface area contributed by atoms with E-state index in [4.69, 9.17) is 0 Å². The van der Waals surface area contributed by atoms with Crippen LogP contribution in [0, 0.1) is 13.8 Å². The van der Waals surface area contributed by atoms with Gasteiger partial charge in [0.2, 0.25) is 0 Å². The predicted octanol–water partition coefficient (Wildman–Crippen LogP) is 4.61. The van der Waals surface area contributed by atoms with E-state index in [9.17, 15) is 9.59 Å². The van der Waals surface area contributed by atoms with Crippen LogP contribution in [0.5, 0.6) is 0 Å². The summed E-state index contributed by atoms with van der Waals surface area (Å²) >= 11 is 2.54. The lowest BCUT2D eigenvalue weighted by molar-refractivity contribution is -0.113. The highest BCUT2D eigenvalue weighted by atomic mass is 32.2. The number of thiophene rings is 1. The van der Waals surface area contributed by atoms with Gasteiger partial charge in [0.1, 0.15) is 0 Å². The highest BCUT2D eigenvalue weighted by molar-refractivity contribution is 8.19. The average molecular weight is 315 g/mol. The fourth-order valence-corrected chi connectivity index (χ4v) is 3.71. The van der Waals surface area contributed by atoms with Gasteiger partial charge in [-0.05, 0) is 60.3 Å². The van der Waals surface area contributed by atoms with Crippen molar-refractivity contribution >= 4 is 46.0 Å². The lowest BCUT2D eigenvalue weighted by Crippen LogP contribution is -2.28. The number of imide groups is 1. The smallest absolute Gasteiger partial charge is 0.268 e. The molecular weight excluding hydrogens is 302 g/mol. The Morgan fingerprint density at radius 2 is 1.90 bits per heavy atom. The minimum atomic E-state index is -0.243. The van der Waals surface area contributed by atoms with Crippen LogP contribution in [0.15, 0.2) is 40.6 Å². The van der Waals surface area contributed by atoms with Gasteiger partial charge in [0.05, 0.1) is 10.6 Å². The number of anilines is 1. The summed E-state index contributed by atoms with van der Waals surface area (Å²) in [5.74, 6) is -0.243. The first-order valence-electron chi connectivity index (χ1n) is 6.45. The summed E-state index contributed by atoms with van der Waals surface area (Å²) < 4.78 is 0. The quantitative estimate of drug-likeness (QED) is 0.760. The fraction of sp³-hybridized carbons (Fsp3) is 0.125. The second-order valence-electron chi connectivity index (χ2n) is 4.75. The number of thioether (sulfide) groups is 1. The van der Waals surface area contributed by atoms with E-state index in [0.29, 0.717) is 10.6 Å². The SMILES string of the molecule is Cc1cccc(N2C(=O)S/C(=C/c3cccs3)C2=O)c1C. The zero-order valence-corrected chi connectivity index (χ0v) is 13.3. The molecule has 2 amide bonds. The van der Waals surface area contributed by atoms with Crippen LogP contribution in [0.3, 0.4) is 0 Å². The van der Waals surface area contributed by atoms with Crippen LogP contribution in [0.4, 0.5) is 10.5 Å². The van der Waals surface area contributed by atoms with Gasteiger partial charge in [0.25, 0.3) is 11.1 Å². The van der Waals surface area contributed by atoms with Gasteiger partial charge in [0.15, 0.2) is 0 Å². The summed E-state index contributed by atoms with van der Waals surface area (Å²) in [6.07, 6.45) is 1.78. The largest absolute Gasteiger partial charge is 0.298 e. The Hall–Kier alpha value is -1.85. The summed E-state index contributed by atoms with van der Waals surface area (Å²) in [5, 5.41) is 1.71. The molecule has 0 bridgehead atoms. The van der Waals surface area contributed by atoms with Gasteiger partial charge in [-0.3, -0.25) is 9.59 Å². The van der Waals surface area contributed by atoms with Crippen LogP contribution in [-0.4, -0.2) is 11.1 Å². The van der Waals surface area contributed by atoms with Crippen LogP contribution >= 0.6 is 23.1 Å². The second-order valence-corrected chi connectivity index (χ2v) is 6.72. The van der Waals surface area contributed by atoms with Crippen molar-refractivity contribution in [3.63, 3.8) is 0 Å². The molecule has 1 saturated heterocycles. The Labute approximate surface area is 131 Å². The first-order valence-corrected chi connectivity index (χ1v) is 8.15. The van der Waals surface area contributed by atoms with Gasteiger partial charge in [-0.1, -0.05) is 18.2 Å². The van der Waals surface area contributed by atoms with E-state index in [1.54, 1.807) is 17.4 Å². The molecule has 5 heteroatoms. The Bertz CT molecular complexity index is 748. The lowest BCUT2D eigenvalue weighted by Gasteiger charge is -2.16. The van der Waals surface area contributed by atoms with Crippen molar-refractivity contribution < 1.29 is 9.59 Å². The highest BCUT2D eigenvalue weighted by Gasteiger charge is 2.37. The number of nitrogens with zero attached hydrogens (tertiary/aromatic N) is 1. The molecule has 1 aromatic carbocycles. The zero-order valence-electron chi connectivity index (χ0n) is 11.6. The molecule has 0 radical (unpaired) electrons. The normalized spacial score (nSPS) is 17.0. The van der Waals surface area contributed by atoms with E-state index in [-0.39, 0.29) is 11.1 Å². The molecule has 21 heavy (non-hydrogen) atoms. The number of aryl methyl sites for hydroxylation is 1. The second kappa shape index (κ2) is 5.50. The molecule has 1 aliphatic heterocycles. The van der Waals surface area contributed by atoms with E-state index in [1.807, 2.05) is 49.6 Å². The van der Waals surface area contributed by atoms with Crippen molar-refractivity contribution in [2.45, 2.75) is 13.8 Å². The van der Waals surface area contributed by atoms with E-state index < -0.39 is 0 Å². The van der Waals surface area contributed by atoms with Crippen molar-refractivity contribution in [1.82, 2.24) is 0 Å². The molecule has 2 heterocycles. The van der Waals surface area contributed by atoms with Crippen LogP contribution in [-0.2, 0) is 4.79 Å². The molecule has 106 valence electrons. The topological polar surface area (TPSA) is 37.4 Å². The van der Waals surface area contributed by atoms with Gasteiger partial charge in [0, 0.05) is 4.88 Å². The third kappa shape index (κ3) is 2.54. The van der Waals surface area contributed by atoms with E-state index in [2.05, 4.69) is 0 Å². The molecule has 0 spiro atoms. The molecule has 3 nitrogen and oxygen atoms in total. The Kier molecular flexibility index (Phi) is 3.69. The Balaban J connectivity index is 2.00. The van der Waals surface area contributed by atoms with Crippen molar-refractivity contribution in [2.24, 2.45) is 0 Å². The van der Waals surface area contributed by atoms with E-state index in [1.165, 1.54) is 4.90 Å². The summed E-state index contributed by atoms with van der Waals surface area (Å²) in [7, 11) is 0. The first kappa shape index (κ1) is 14.1. The molecule has 0 unspecified atom stereocenters. The average Bonchev–Trinajstić information content (AvgIpc) is 3.04. The molecule has 0 atom stereocenters. The van der Waals surface area contributed by atoms with Crippen LogP contribution in [0.2, 0.25) is 0 Å². The van der Waals surface area contributed by atoms with E-state index >= 15 is 0 Å². The van der Waals surface area contributed by atoms with Crippen molar-refractivity contribution in [3.8, 4) is 0 Å². The van der Waals surface area contributed by atoms with Gasteiger partial charge in [-0.25, -0.2) is 4.90 Å². The Morgan fingerprint density at radius 1 is 1.10 bits per heavy atom. The maximum Gasteiger partial charge on any atom is 0.298 e. The molecule has 3 rings (SSSR count). The highest BCUT2D eigenvalue weighted by Crippen LogP contribution is 2.37. The molecule has 0 saturated carbocycles. The minimum absolute atomic E-state index is 0.239. The fourth-order valence-electron chi connectivity index (χ4n) is 2.16. The molecule has 1 fully saturated rings. The van der Waals surface area contributed by atoms with Crippen molar-refractivity contribution in [3.05, 3.63) is 56.6 Å². The van der Waals surface area contributed by atoms with Gasteiger partial charge in [-0.2, -0.15) is 0 Å². The lowest BCUT2D eigenvalue weighted by atomic mass is 10.1. The van der Waals surface area contributed by atoms with Crippen LogP contribution < -0.4 is 4.90 Å². The molecule has 2 aromatic rings. The summed E-state index contributed by atoms with van der Waals surface area (Å²) in [5.41, 5.74) is 2.69. The van der Waals surface area contributed by atoms with Gasteiger partial charge >= 0.3 is 0 Å². The number of hydrogen-bond donors (Lipinski definition) is 0. The maximum atomic E-state index is 12.5. The number of hydrogen-bond acceptors (Lipinski definition) is 4. The molecule has 0 aliphatic carbocycles. The molecular formula is C16H13NO2S2. The molecule has 1 aromatic heterocycles. The predicted molar refractivity (Wildman–Crippen MR) is 88.7 cm³/mol. The third-order valence-corrected chi connectivity index (χ3v) is 5.12. The van der Waals surface area contributed by atoms with Crippen molar-refractivity contribution in [2.75, 3.05) is 4.90 Å². The van der Waals surface area contributed by atoms with Gasteiger partial charge in [-0.15, -0.1) is 11.3 Å². The first-order chi connectivity index (χ1) is 10.1. The standard InChI is InChI=1S/C16H13NO2S2/c1-10-5-3-7-13(11(10)2)17-15(18)14(21-16(17)19)9-12-6-4-8-20-12/h3-9H,1-2H3/b14-9+.